The molecule has 0 aromatic carbocycles. The Morgan fingerprint density at radius 1 is 1.56 bits per heavy atom. The van der Waals surface area contributed by atoms with Gasteiger partial charge in [-0.3, -0.25) is 0 Å². The van der Waals surface area contributed by atoms with Gasteiger partial charge in [-0.25, -0.2) is 9.78 Å². The lowest BCUT2D eigenvalue weighted by Gasteiger charge is -2.18. The normalized spacial score (nSPS) is 15.3. The van der Waals surface area contributed by atoms with Gasteiger partial charge in [0.2, 0.25) is 5.88 Å². The van der Waals surface area contributed by atoms with Crippen molar-refractivity contribution < 1.29 is 14.6 Å². The van der Waals surface area contributed by atoms with Gasteiger partial charge in [-0.2, -0.15) is 0 Å². The third kappa shape index (κ3) is 2.45. The topological polar surface area (TPSA) is 59.4 Å². The van der Waals surface area contributed by atoms with Gasteiger partial charge in [-0.05, 0) is 44.2 Å². The molecule has 0 bridgehead atoms. The van der Waals surface area contributed by atoms with Crippen molar-refractivity contribution in [1.82, 2.24) is 4.98 Å². The predicted molar refractivity (Wildman–Crippen MR) is 66.8 cm³/mol. The lowest BCUT2D eigenvalue weighted by atomic mass is 9.95. The van der Waals surface area contributed by atoms with E-state index in [1.165, 1.54) is 0 Å². The van der Waals surface area contributed by atoms with Gasteiger partial charge in [-0.1, -0.05) is 5.92 Å². The highest BCUT2D eigenvalue weighted by molar-refractivity contribution is 5.90. The van der Waals surface area contributed by atoms with E-state index in [9.17, 15) is 9.90 Å². The number of carboxylic acids is 1. The first-order valence-electron chi connectivity index (χ1n) is 6.00. The van der Waals surface area contributed by atoms with Crippen molar-refractivity contribution in [3.05, 3.63) is 22.9 Å². The van der Waals surface area contributed by atoms with Crippen molar-refractivity contribution in [2.75, 3.05) is 0 Å². The standard InChI is InChI=1S/C14H15NO3/c1-3-9(2)18-13-11(14(16)17)8-10-6-4-5-7-12(10)15-13/h1,8-9H,4-7H2,2H3,(H,16,17). The number of terminal acetylenes is 1. The van der Waals surface area contributed by atoms with Crippen LogP contribution in [0.5, 0.6) is 5.88 Å². The molecule has 0 saturated heterocycles. The van der Waals surface area contributed by atoms with E-state index in [4.69, 9.17) is 11.2 Å². The summed E-state index contributed by atoms with van der Waals surface area (Å²) in [7, 11) is 0. The molecule has 1 unspecified atom stereocenters. The van der Waals surface area contributed by atoms with E-state index < -0.39 is 12.1 Å². The summed E-state index contributed by atoms with van der Waals surface area (Å²) in [5.41, 5.74) is 2.04. The summed E-state index contributed by atoms with van der Waals surface area (Å²) in [6.45, 7) is 1.69. The first kappa shape index (κ1) is 12.4. The number of nitrogens with zero attached hydrogens (tertiary/aromatic N) is 1. The zero-order valence-electron chi connectivity index (χ0n) is 10.3. The molecule has 1 atom stereocenters. The number of ether oxygens (including phenoxy) is 1. The molecule has 0 fully saturated rings. The van der Waals surface area contributed by atoms with E-state index in [1.54, 1.807) is 13.0 Å². The molecule has 4 heteroatoms. The summed E-state index contributed by atoms with van der Waals surface area (Å²) in [6.07, 6.45) is 8.66. The molecule has 1 aliphatic carbocycles. The van der Waals surface area contributed by atoms with Gasteiger partial charge in [0.1, 0.15) is 5.56 Å². The highest BCUT2D eigenvalue weighted by Crippen LogP contribution is 2.26. The molecular weight excluding hydrogens is 230 g/mol. The fourth-order valence-electron chi connectivity index (χ4n) is 2.06. The van der Waals surface area contributed by atoms with E-state index >= 15 is 0 Å². The van der Waals surface area contributed by atoms with E-state index in [2.05, 4.69) is 10.9 Å². The zero-order valence-corrected chi connectivity index (χ0v) is 10.3. The fraction of sp³-hybridized carbons (Fsp3) is 0.429. The fourth-order valence-corrected chi connectivity index (χ4v) is 2.06. The number of carboxylic acid groups (broad SMARTS) is 1. The van der Waals surface area contributed by atoms with Crippen molar-refractivity contribution in [2.24, 2.45) is 0 Å². The van der Waals surface area contributed by atoms with Crippen molar-refractivity contribution in [1.29, 1.82) is 0 Å². The number of rotatable bonds is 3. The number of aryl methyl sites for hydroxylation is 2. The largest absolute Gasteiger partial charge is 0.477 e. The van der Waals surface area contributed by atoms with Gasteiger partial charge in [0.25, 0.3) is 0 Å². The number of hydrogen-bond donors (Lipinski definition) is 1. The van der Waals surface area contributed by atoms with Gasteiger partial charge < -0.3 is 9.84 Å². The van der Waals surface area contributed by atoms with Crippen LogP contribution < -0.4 is 4.74 Å². The SMILES string of the molecule is C#CC(C)Oc1nc2c(cc1C(=O)O)CCCC2. The number of carbonyl (C=O) groups is 1. The van der Waals surface area contributed by atoms with Crippen LogP contribution in [-0.4, -0.2) is 22.2 Å². The molecule has 1 N–H and O–H groups in total. The van der Waals surface area contributed by atoms with Crippen LogP contribution in [0.15, 0.2) is 6.07 Å². The maximum atomic E-state index is 11.2. The highest BCUT2D eigenvalue weighted by Gasteiger charge is 2.20. The average Bonchev–Trinajstić information content (AvgIpc) is 2.37. The van der Waals surface area contributed by atoms with Crippen LogP contribution >= 0.6 is 0 Å². The minimum Gasteiger partial charge on any atom is -0.477 e. The minimum absolute atomic E-state index is 0.0951. The van der Waals surface area contributed by atoms with Crippen LogP contribution in [0.4, 0.5) is 0 Å². The molecule has 0 saturated carbocycles. The average molecular weight is 245 g/mol. The Morgan fingerprint density at radius 3 is 2.94 bits per heavy atom. The second-order valence-corrected chi connectivity index (χ2v) is 4.39. The van der Waals surface area contributed by atoms with E-state index in [-0.39, 0.29) is 11.4 Å². The van der Waals surface area contributed by atoms with Crippen LogP contribution in [-0.2, 0) is 12.8 Å². The van der Waals surface area contributed by atoms with E-state index in [0.717, 1.165) is 36.9 Å². The van der Waals surface area contributed by atoms with Crippen molar-refractivity contribution >= 4 is 5.97 Å². The van der Waals surface area contributed by atoms with Gasteiger partial charge in [-0.15, -0.1) is 6.42 Å². The first-order valence-corrected chi connectivity index (χ1v) is 6.00. The van der Waals surface area contributed by atoms with Crippen LogP contribution in [0.2, 0.25) is 0 Å². The molecule has 18 heavy (non-hydrogen) atoms. The second kappa shape index (κ2) is 5.09. The van der Waals surface area contributed by atoms with Crippen LogP contribution in [0.1, 0.15) is 41.4 Å². The van der Waals surface area contributed by atoms with Crippen LogP contribution in [0.3, 0.4) is 0 Å². The van der Waals surface area contributed by atoms with Crippen molar-refractivity contribution in [3.8, 4) is 18.2 Å². The number of aromatic carboxylic acids is 1. The zero-order chi connectivity index (χ0) is 13.1. The molecule has 2 rings (SSSR count). The molecule has 0 radical (unpaired) electrons. The summed E-state index contributed by atoms with van der Waals surface area (Å²) in [5.74, 6) is 1.51. The third-order valence-corrected chi connectivity index (χ3v) is 3.02. The Bertz CT molecular complexity index is 517. The molecule has 1 aliphatic rings. The quantitative estimate of drug-likeness (QED) is 0.828. The molecule has 1 aromatic rings. The monoisotopic (exact) mass is 245 g/mol. The van der Waals surface area contributed by atoms with E-state index in [0.29, 0.717) is 0 Å². The molecule has 0 spiro atoms. The molecule has 1 aromatic heterocycles. The summed E-state index contributed by atoms with van der Waals surface area (Å²) in [5, 5.41) is 9.18. The number of aromatic nitrogens is 1. The van der Waals surface area contributed by atoms with E-state index in [1.807, 2.05) is 0 Å². The Kier molecular flexibility index (Phi) is 3.52. The molecule has 94 valence electrons. The number of pyridine rings is 1. The smallest absolute Gasteiger partial charge is 0.341 e. The number of hydrogen-bond acceptors (Lipinski definition) is 3. The summed E-state index contributed by atoms with van der Waals surface area (Å²) >= 11 is 0. The maximum absolute atomic E-state index is 11.2. The Hall–Kier alpha value is -2.02. The number of fused-ring (bicyclic) bond motifs is 1. The summed E-state index contributed by atoms with van der Waals surface area (Å²) in [4.78, 5) is 15.5. The van der Waals surface area contributed by atoms with Crippen molar-refractivity contribution in [2.45, 2.75) is 38.7 Å². The summed E-state index contributed by atoms with van der Waals surface area (Å²) in [6, 6.07) is 1.67. The van der Waals surface area contributed by atoms with Crippen LogP contribution in [0, 0.1) is 12.3 Å². The second-order valence-electron chi connectivity index (χ2n) is 4.39. The van der Waals surface area contributed by atoms with Gasteiger partial charge in [0.05, 0.1) is 0 Å². The maximum Gasteiger partial charge on any atom is 0.341 e. The minimum atomic E-state index is -1.03. The molecule has 0 aliphatic heterocycles. The molecule has 0 amide bonds. The Labute approximate surface area is 106 Å². The predicted octanol–water partition coefficient (Wildman–Crippen LogP) is 2.06. The third-order valence-electron chi connectivity index (χ3n) is 3.02. The van der Waals surface area contributed by atoms with Gasteiger partial charge >= 0.3 is 5.97 Å². The molecule has 1 heterocycles. The molecular formula is C14H15NO3. The molecule has 4 nitrogen and oxygen atoms in total. The Balaban J connectivity index is 2.43. The van der Waals surface area contributed by atoms with Crippen molar-refractivity contribution in [3.63, 3.8) is 0 Å². The van der Waals surface area contributed by atoms with Gasteiger partial charge in [0.15, 0.2) is 6.10 Å². The highest BCUT2D eigenvalue weighted by atomic mass is 16.5. The lowest BCUT2D eigenvalue weighted by molar-refractivity contribution is 0.0690. The van der Waals surface area contributed by atoms with Gasteiger partial charge in [0, 0.05) is 5.69 Å². The lowest BCUT2D eigenvalue weighted by Crippen LogP contribution is -2.16. The summed E-state index contributed by atoms with van der Waals surface area (Å²) < 4.78 is 5.39. The Morgan fingerprint density at radius 2 is 2.28 bits per heavy atom. The van der Waals surface area contributed by atoms with Crippen LogP contribution in [0.25, 0.3) is 0 Å². The first-order chi connectivity index (χ1) is 8.61.